The highest BCUT2D eigenvalue weighted by Gasteiger charge is 2.31. The van der Waals surface area contributed by atoms with Gasteiger partial charge in [-0.15, -0.1) is 0 Å². The zero-order valence-electron chi connectivity index (χ0n) is 15.2. The van der Waals surface area contributed by atoms with Gasteiger partial charge in [0.15, 0.2) is 5.69 Å². The molecule has 1 unspecified atom stereocenters. The fourth-order valence-corrected chi connectivity index (χ4v) is 3.91. The molecule has 8 nitrogen and oxygen atoms in total. The van der Waals surface area contributed by atoms with Gasteiger partial charge < -0.3 is 9.80 Å². The van der Waals surface area contributed by atoms with Crippen LogP contribution in [0.5, 0.6) is 0 Å². The van der Waals surface area contributed by atoms with Crippen LogP contribution in [0.3, 0.4) is 0 Å². The molecule has 2 saturated heterocycles. The molecule has 2 fully saturated rings. The zero-order chi connectivity index (χ0) is 18.3. The lowest BCUT2D eigenvalue weighted by atomic mass is 10.1. The van der Waals surface area contributed by atoms with Gasteiger partial charge in [0.2, 0.25) is 5.95 Å². The summed E-state index contributed by atoms with van der Waals surface area (Å²) in [5.74, 6) is 0.706. The highest BCUT2D eigenvalue weighted by molar-refractivity contribution is 5.93. The molecular formula is C18H24N6O2. The van der Waals surface area contributed by atoms with E-state index >= 15 is 0 Å². The number of amides is 1. The number of nitrogens with one attached hydrogen (secondary N) is 1. The predicted octanol–water partition coefficient (Wildman–Crippen LogP) is 1.04. The van der Waals surface area contributed by atoms with Crippen molar-refractivity contribution in [3.05, 3.63) is 39.6 Å². The Hall–Kier alpha value is -2.64. The number of carbonyl (C=O) groups is 1. The lowest BCUT2D eigenvalue weighted by Crippen LogP contribution is -2.30. The third-order valence-electron chi connectivity index (χ3n) is 5.26. The number of likely N-dealkylation sites (tertiary alicyclic amines) is 1. The Bertz CT molecular complexity index is 880. The van der Waals surface area contributed by atoms with Crippen LogP contribution in [-0.4, -0.2) is 56.7 Å². The smallest absolute Gasteiger partial charge is 0.274 e. The number of hydrogen-bond donors (Lipinski definition) is 1. The van der Waals surface area contributed by atoms with E-state index in [1.165, 1.54) is 0 Å². The van der Waals surface area contributed by atoms with Crippen LogP contribution in [0.4, 0.5) is 5.95 Å². The maximum atomic E-state index is 12.8. The molecule has 26 heavy (non-hydrogen) atoms. The lowest BCUT2D eigenvalue weighted by Gasteiger charge is -2.18. The first-order valence-electron chi connectivity index (χ1n) is 9.17. The summed E-state index contributed by atoms with van der Waals surface area (Å²) in [5, 5.41) is 4.28. The third kappa shape index (κ3) is 3.11. The summed E-state index contributed by atoms with van der Waals surface area (Å²) in [6.07, 6.45) is 4.92. The first kappa shape index (κ1) is 16.8. The summed E-state index contributed by atoms with van der Waals surface area (Å²) in [7, 11) is 1.82. The summed E-state index contributed by atoms with van der Waals surface area (Å²) in [6, 6.07) is 1.57. The molecule has 0 aliphatic carbocycles. The van der Waals surface area contributed by atoms with E-state index < -0.39 is 0 Å². The Morgan fingerprint density at radius 1 is 1.27 bits per heavy atom. The van der Waals surface area contributed by atoms with Gasteiger partial charge in [-0.25, -0.2) is 4.98 Å². The van der Waals surface area contributed by atoms with Crippen molar-refractivity contribution in [3.8, 4) is 0 Å². The molecule has 2 aromatic heterocycles. The number of hydrogen-bond acceptors (Lipinski definition) is 5. The van der Waals surface area contributed by atoms with Crippen LogP contribution in [0.15, 0.2) is 17.1 Å². The Labute approximate surface area is 151 Å². The third-order valence-corrected chi connectivity index (χ3v) is 5.26. The zero-order valence-corrected chi connectivity index (χ0v) is 15.2. The minimum absolute atomic E-state index is 0.0461. The van der Waals surface area contributed by atoms with Gasteiger partial charge in [-0.2, -0.15) is 5.10 Å². The molecule has 4 rings (SSSR count). The predicted molar refractivity (Wildman–Crippen MR) is 97.5 cm³/mol. The van der Waals surface area contributed by atoms with Crippen molar-refractivity contribution in [2.45, 2.75) is 32.1 Å². The quantitative estimate of drug-likeness (QED) is 0.888. The molecule has 8 heteroatoms. The van der Waals surface area contributed by atoms with Gasteiger partial charge in [0.25, 0.3) is 11.5 Å². The Morgan fingerprint density at radius 3 is 2.73 bits per heavy atom. The summed E-state index contributed by atoms with van der Waals surface area (Å²) >= 11 is 0. The molecule has 2 aliphatic rings. The van der Waals surface area contributed by atoms with Crippen molar-refractivity contribution in [2.24, 2.45) is 7.05 Å². The maximum absolute atomic E-state index is 12.8. The van der Waals surface area contributed by atoms with Crippen molar-refractivity contribution < 1.29 is 4.79 Å². The maximum Gasteiger partial charge on any atom is 0.274 e. The van der Waals surface area contributed by atoms with E-state index in [2.05, 4.69) is 15.0 Å². The van der Waals surface area contributed by atoms with Gasteiger partial charge in [-0.1, -0.05) is 0 Å². The number of carbonyl (C=O) groups excluding carboxylic acids is 1. The molecular weight excluding hydrogens is 332 g/mol. The van der Waals surface area contributed by atoms with Gasteiger partial charge in [-0.05, 0) is 26.2 Å². The van der Waals surface area contributed by atoms with E-state index in [0.29, 0.717) is 24.7 Å². The van der Waals surface area contributed by atoms with Gasteiger partial charge >= 0.3 is 0 Å². The van der Waals surface area contributed by atoms with Crippen LogP contribution in [-0.2, 0) is 7.05 Å². The minimum atomic E-state index is -0.123. The fourth-order valence-electron chi connectivity index (χ4n) is 3.91. The molecule has 2 aliphatic heterocycles. The van der Waals surface area contributed by atoms with E-state index in [1.807, 2.05) is 25.1 Å². The second-order valence-electron chi connectivity index (χ2n) is 7.26. The first-order chi connectivity index (χ1) is 12.5. The molecule has 1 amide bonds. The Kier molecular flexibility index (Phi) is 4.26. The summed E-state index contributed by atoms with van der Waals surface area (Å²) in [4.78, 5) is 36.3. The monoisotopic (exact) mass is 356 g/mol. The van der Waals surface area contributed by atoms with Gasteiger partial charge in [0.05, 0.1) is 5.69 Å². The van der Waals surface area contributed by atoms with E-state index in [4.69, 9.17) is 4.98 Å². The molecule has 0 bridgehead atoms. The van der Waals surface area contributed by atoms with Crippen molar-refractivity contribution in [1.82, 2.24) is 24.6 Å². The summed E-state index contributed by atoms with van der Waals surface area (Å²) in [5.41, 5.74) is 2.04. The van der Waals surface area contributed by atoms with E-state index in [1.54, 1.807) is 10.7 Å². The fraction of sp³-hybridized carbons (Fsp3) is 0.556. The molecule has 0 radical (unpaired) electrons. The molecule has 138 valence electrons. The van der Waals surface area contributed by atoms with Crippen molar-refractivity contribution >= 4 is 11.9 Å². The SMILES string of the molecule is Cc1cn(C)nc1C(=O)N1CCC(c2cc(=O)[nH]c(N3CCCC3)n2)C1. The Balaban J connectivity index is 1.52. The molecule has 1 atom stereocenters. The summed E-state index contributed by atoms with van der Waals surface area (Å²) < 4.78 is 1.66. The van der Waals surface area contributed by atoms with Crippen molar-refractivity contribution in [2.75, 3.05) is 31.1 Å². The Morgan fingerprint density at radius 2 is 2.04 bits per heavy atom. The van der Waals surface area contributed by atoms with Gasteiger partial charge in [0.1, 0.15) is 0 Å². The number of aryl methyl sites for hydroxylation is 2. The van der Waals surface area contributed by atoms with Crippen LogP contribution >= 0.6 is 0 Å². The standard InChI is InChI=1S/C18H24N6O2/c1-12-10-22(2)21-16(12)17(26)24-8-5-13(11-24)14-9-15(25)20-18(19-14)23-6-3-4-7-23/h9-10,13H,3-8,11H2,1-2H3,(H,19,20,25). The average Bonchev–Trinajstić information content (AvgIpc) is 3.34. The number of rotatable bonds is 3. The lowest BCUT2D eigenvalue weighted by molar-refractivity contribution is 0.0783. The van der Waals surface area contributed by atoms with Crippen LogP contribution in [0, 0.1) is 6.92 Å². The molecule has 0 saturated carbocycles. The molecule has 4 heterocycles. The highest BCUT2D eigenvalue weighted by atomic mass is 16.2. The number of aromatic amines is 1. The molecule has 1 N–H and O–H groups in total. The second kappa shape index (κ2) is 6.59. The van der Waals surface area contributed by atoms with Gasteiger partial charge in [0, 0.05) is 57.0 Å². The number of aromatic nitrogens is 4. The average molecular weight is 356 g/mol. The van der Waals surface area contributed by atoms with Crippen LogP contribution in [0.25, 0.3) is 0 Å². The normalized spacial score (nSPS) is 20.2. The van der Waals surface area contributed by atoms with Crippen LogP contribution in [0.1, 0.15) is 46.9 Å². The number of anilines is 1. The first-order valence-corrected chi connectivity index (χ1v) is 9.17. The minimum Gasteiger partial charge on any atom is -0.342 e. The van der Waals surface area contributed by atoms with E-state index in [9.17, 15) is 9.59 Å². The van der Waals surface area contributed by atoms with Crippen LogP contribution in [0.2, 0.25) is 0 Å². The van der Waals surface area contributed by atoms with Gasteiger partial charge in [-0.3, -0.25) is 19.3 Å². The highest BCUT2D eigenvalue weighted by Crippen LogP contribution is 2.27. The molecule has 0 aromatic carbocycles. The molecule has 0 spiro atoms. The second-order valence-corrected chi connectivity index (χ2v) is 7.26. The van der Waals surface area contributed by atoms with Crippen LogP contribution < -0.4 is 10.5 Å². The number of nitrogens with zero attached hydrogens (tertiary/aromatic N) is 5. The largest absolute Gasteiger partial charge is 0.342 e. The van der Waals surface area contributed by atoms with Crippen molar-refractivity contribution in [1.29, 1.82) is 0 Å². The number of H-pyrrole nitrogens is 1. The topological polar surface area (TPSA) is 87.1 Å². The summed E-state index contributed by atoms with van der Waals surface area (Å²) in [6.45, 7) is 4.99. The van der Waals surface area contributed by atoms with E-state index in [0.717, 1.165) is 43.6 Å². The van der Waals surface area contributed by atoms with Crippen molar-refractivity contribution in [3.63, 3.8) is 0 Å². The molecule has 2 aromatic rings. The van der Waals surface area contributed by atoms with E-state index in [-0.39, 0.29) is 17.4 Å².